The van der Waals surface area contributed by atoms with Gasteiger partial charge in [0.2, 0.25) is 0 Å². The Bertz CT molecular complexity index is 1040. The topological polar surface area (TPSA) is 58.9 Å². The summed E-state index contributed by atoms with van der Waals surface area (Å²) in [5.41, 5.74) is 1.79. The molecule has 0 saturated carbocycles. The standard InChI is InChI=1S/C18H11FN2O2S/c19-11-3-5-13-14(9-20-15(13)8-11)16(22)6-4-12-10-24-18(21-12)17-2-1-7-23-17/h1-10,20H/b6-4+. The molecule has 0 aliphatic rings. The van der Waals surface area contributed by atoms with E-state index in [0.29, 0.717) is 27.9 Å². The lowest BCUT2D eigenvalue weighted by atomic mass is 10.1. The van der Waals surface area contributed by atoms with Crippen molar-refractivity contribution >= 4 is 34.1 Å². The van der Waals surface area contributed by atoms with Crippen LogP contribution in [0.5, 0.6) is 0 Å². The van der Waals surface area contributed by atoms with Crippen LogP contribution in [0.2, 0.25) is 0 Å². The van der Waals surface area contributed by atoms with E-state index in [1.165, 1.54) is 29.5 Å². The monoisotopic (exact) mass is 338 g/mol. The Morgan fingerprint density at radius 2 is 2.25 bits per heavy atom. The molecule has 0 amide bonds. The molecule has 3 aromatic heterocycles. The number of nitrogens with zero attached hydrogens (tertiary/aromatic N) is 1. The summed E-state index contributed by atoms with van der Waals surface area (Å²) in [6.07, 6.45) is 6.31. The van der Waals surface area contributed by atoms with Gasteiger partial charge in [-0.2, -0.15) is 0 Å². The third kappa shape index (κ3) is 2.68. The molecule has 0 fully saturated rings. The van der Waals surface area contributed by atoms with Crippen molar-refractivity contribution < 1.29 is 13.6 Å². The second-order valence-corrected chi connectivity index (χ2v) is 6.00. The number of hydrogen-bond acceptors (Lipinski definition) is 4. The van der Waals surface area contributed by atoms with E-state index in [0.717, 1.165) is 5.01 Å². The highest BCUT2D eigenvalue weighted by atomic mass is 32.1. The van der Waals surface area contributed by atoms with Crippen molar-refractivity contribution in [2.24, 2.45) is 0 Å². The number of nitrogens with one attached hydrogen (secondary N) is 1. The van der Waals surface area contributed by atoms with Crippen molar-refractivity contribution in [3.8, 4) is 10.8 Å². The molecule has 4 aromatic rings. The summed E-state index contributed by atoms with van der Waals surface area (Å²) in [5, 5.41) is 3.31. The summed E-state index contributed by atoms with van der Waals surface area (Å²) >= 11 is 1.45. The Labute approximate surface area is 140 Å². The summed E-state index contributed by atoms with van der Waals surface area (Å²) in [6, 6.07) is 7.94. The number of hydrogen-bond donors (Lipinski definition) is 1. The number of rotatable bonds is 4. The van der Waals surface area contributed by atoms with Crippen LogP contribution in [0.15, 0.2) is 58.7 Å². The molecule has 0 atom stereocenters. The van der Waals surface area contributed by atoms with Gasteiger partial charge < -0.3 is 9.40 Å². The van der Waals surface area contributed by atoms with Crippen molar-refractivity contribution in [2.45, 2.75) is 0 Å². The Morgan fingerprint density at radius 1 is 1.33 bits per heavy atom. The van der Waals surface area contributed by atoms with Gasteiger partial charge in [0.1, 0.15) is 5.82 Å². The van der Waals surface area contributed by atoms with E-state index in [9.17, 15) is 9.18 Å². The first-order chi connectivity index (χ1) is 11.7. The van der Waals surface area contributed by atoms with Gasteiger partial charge >= 0.3 is 0 Å². The maximum atomic E-state index is 13.2. The Morgan fingerprint density at radius 3 is 3.08 bits per heavy atom. The first-order valence-corrected chi connectivity index (χ1v) is 8.07. The van der Waals surface area contributed by atoms with E-state index in [2.05, 4.69) is 9.97 Å². The number of halogens is 1. The summed E-state index contributed by atoms with van der Waals surface area (Å²) in [6.45, 7) is 0. The number of carbonyl (C=O) groups excluding carboxylic acids is 1. The molecular weight excluding hydrogens is 327 g/mol. The van der Waals surface area contributed by atoms with Crippen molar-refractivity contribution in [1.29, 1.82) is 0 Å². The highest BCUT2D eigenvalue weighted by Gasteiger charge is 2.10. The minimum absolute atomic E-state index is 0.166. The first-order valence-electron chi connectivity index (χ1n) is 7.19. The Balaban J connectivity index is 1.58. The number of fused-ring (bicyclic) bond motifs is 1. The lowest BCUT2D eigenvalue weighted by molar-refractivity contribution is 0.104. The van der Waals surface area contributed by atoms with E-state index < -0.39 is 0 Å². The van der Waals surface area contributed by atoms with Crippen molar-refractivity contribution in [3.63, 3.8) is 0 Å². The largest absolute Gasteiger partial charge is 0.462 e. The maximum Gasteiger partial charge on any atom is 0.188 e. The first kappa shape index (κ1) is 14.6. The van der Waals surface area contributed by atoms with Gasteiger partial charge in [0.15, 0.2) is 16.6 Å². The predicted molar refractivity (Wildman–Crippen MR) is 91.4 cm³/mol. The van der Waals surface area contributed by atoms with Gasteiger partial charge in [-0.05, 0) is 42.5 Å². The molecule has 6 heteroatoms. The van der Waals surface area contributed by atoms with E-state index in [1.54, 1.807) is 30.7 Å². The van der Waals surface area contributed by atoms with E-state index >= 15 is 0 Å². The van der Waals surface area contributed by atoms with Crippen LogP contribution in [0, 0.1) is 5.82 Å². The second-order valence-electron chi connectivity index (χ2n) is 5.14. The van der Waals surface area contributed by atoms with Crippen LogP contribution in [0.25, 0.3) is 27.7 Å². The number of aromatic amines is 1. The smallest absolute Gasteiger partial charge is 0.188 e. The number of ketones is 1. The number of allylic oxidation sites excluding steroid dienone is 1. The minimum Gasteiger partial charge on any atom is -0.462 e. The molecule has 24 heavy (non-hydrogen) atoms. The van der Waals surface area contributed by atoms with Crippen molar-refractivity contribution in [1.82, 2.24) is 9.97 Å². The average molecular weight is 338 g/mol. The number of furan rings is 1. The number of thiazole rings is 1. The zero-order chi connectivity index (χ0) is 16.5. The molecule has 0 aliphatic heterocycles. The number of aromatic nitrogens is 2. The summed E-state index contributed by atoms with van der Waals surface area (Å²) in [5.74, 6) is 0.192. The highest BCUT2D eigenvalue weighted by Crippen LogP contribution is 2.25. The molecule has 0 bridgehead atoms. The molecule has 0 spiro atoms. The Kier molecular flexibility index (Phi) is 3.59. The summed E-state index contributed by atoms with van der Waals surface area (Å²) < 4.78 is 18.5. The molecule has 1 aromatic carbocycles. The maximum absolute atomic E-state index is 13.2. The molecule has 0 saturated heterocycles. The lowest BCUT2D eigenvalue weighted by Gasteiger charge is -1.94. The van der Waals surface area contributed by atoms with Crippen LogP contribution in [-0.2, 0) is 0 Å². The number of H-pyrrole nitrogens is 1. The molecular formula is C18H11FN2O2S. The lowest BCUT2D eigenvalue weighted by Crippen LogP contribution is -1.92. The SMILES string of the molecule is O=C(/C=C/c1csc(-c2ccco2)n1)c1c[nH]c2cc(F)ccc12. The van der Waals surface area contributed by atoms with Gasteiger partial charge in [-0.1, -0.05) is 0 Å². The van der Waals surface area contributed by atoms with Crippen molar-refractivity contribution in [2.75, 3.05) is 0 Å². The quantitative estimate of drug-likeness (QED) is 0.424. The zero-order valence-electron chi connectivity index (χ0n) is 12.3. The molecule has 1 N–H and O–H groups in total. The van der Waals surface area contributed by atoms with Gasteiger partial charge in [-0.25, -0.2) is 9.37 Å². The van der Waals surface area contributed by atoms with Crippen LogP contribution < -0.4 is 0 Å². The predicted octanol–water partition coefficient (Wildman–Crippen LogP) is 4.92. The van der Waals surface area contributed by atoms with E-state index in [1.807, 2.05) is 11.4 Å². The molecule has 0 aliphatic carbocycles. The third-order valence-electron chi connectivity index (χ3n) is 3.57. The van der Waals surface area contributed by atoms with Gasteiger partial charge in [-0.3, -0.25) is 4.79 Å². The highest BCUT2D eigenvalue weighted by molar-refractivity contribution is 7.13. The van der Waals surface area contributed by atoms with Gasteiger partial charge in [-0.15, -0.1) is 11.3 Å². The number of benzene rings is 1. The van der Waals surface area contributed by atoms with Crippen LogP contribution in [-0.4, -0.2) is 15.8 Å². The molecule has 3 heterocycles. The number of carbonyl (C=O) groups is 1. The van der Waals surface area contributed by atoms with E-state index in [4.69, 9.17) is 4.42 Å². The average Bonchev–Trinajstić information content (AvgIpc) is 3.31. The van der Waals surface area contributed by atoms with Crippen LogP contribution in [0.1, 0.15) is 16.1 Å². The molecule has 0 unspecified atom stereocenters. The zero-order valence-corrected chi connectivity index (χ0v) is 13.1. The van der Waals surface area contributed by atoms with Crippen LogP contribution in [0.4, 0.5) is 4.39 Å². The Hall–Kier alpha value is -2.99. The summed E-state index contributed by atoms with van der Waals surface area (Å²) in [7, 11) is 0. The fourth-order valence-electron chi connectivity index (χ4n) is 2.43. The molecule has 118 valence electrons. The molecule has 4 rings (SSSR count). The van der Waals surface area contributed by atoms with E-state index in [-0.39, 0.29) is 11.6 Å². The molecule has 4 nitrogen and oxygen atoms in total. The van der Waals surface area contributed by atoms with Gasteiger partial charge in [0.05, 0.1) is 12.0 Å². The van der Waals surface area contributed by atoms with Crippen LogP contribution in [0.3, 0.4) is 0 Å². The second kappa shape index (κ2) is 5.90. The fourth-order valence-corrected chi connectivity index (χ4v) is 3.18. The van der Waals surface area contributed by atoms with Crippen molar-refractivity contribution in [3.05, 3.63) is 71.3 Å². The van der Waals surface area contributed by atoms with Gasteiger partial charge in [0, 0.05) is 28.0 Å². The van der Waals surface area contributed by atoms with Gasteiger partial charge in [0.25, 0.3) is 0 Å². The molecule has 0 radical (unpaired) electrons. The minimum atomic E-state index is -0.341. The van der Waals surface area contributed by atoms with Crippen LogP contribution >= 0.6 is 11.3 Å². The normalized spacial score (nSPS) is 11.5. The third-order valence-corrected chi connectivity index (χ3v) is 4.44. The summed E-state index contributed by atoms with van der Waals surface area (Å²) in [4.78, 5) is 19.7. The fraction of sp³-hybridized carbons (Fsp3) is 0.